The molecule has 1 amide bonds. The molecule has 1 aromatic heterocycles. The number of nitrogens with zero attached hydrogens (tertiary/aromatic N) is 2. The fourth-order valence-corrected chi connectivity index (χ4v) is 4.49. The summed E-state index contributed by atoms with van der Waals surface area (Å²) in [6, 6.07) is 5.93. The number of aromatic amines is 1. The molecule has 4 rings (SSSR count). The second kappa shape index (κ2) is 7.52. The van der Waals surface area contributed by atoms with Gasteiger partial charge in [0.25, 0.3) is 0 Å². The van der Waals surface area contributed by atoms with E-state index in [1.54, 1.807) is 7.11 Å². The first-order valence-corrected chi connectivity index (χ1v) is 9.82. The predicted molar refractivity (Wildman–Crippen MR) is 105 cm³/mol. The first-order valence-electron chi connectivity index (χ1n) is 9.82. The molecule has 0 atom stereocenters. The van der Waals surface area contributed by atoms with Gasteiger partial charge in [-0.3, -0.25) is 9.69 Å². The lowest BCUT2D eigenvalue weighted by Gasteiger charge is -2.43. The molecule has 1 N–H and O–H groups in total. The Hall–Kier alpha value is -2.05. The van der Waals surface area contributed by atoms with Crippen molar-refractivity contribution in [3.63, 3.8) is 0 Å². The highest BCUT2D eigenvalue weighted by Crippen LogP contribution is 2.32. The molecule has 0 saturated carbocycles. The van der Waals surface area contributed by atoms with Crippen LogP contribution in [0.1, 0.15) is 24.8 Å². The first kappa shape index (κ1) is 18.3. The van der Waals surface area contributed by atoms with Crippen LogP contribution in [0.15, 0.2) is 24.4 Å². The van der Waals surface area contributed by atoms with Crippen molar-refractivity contribution < 1.29 is 14.3 Å². The third-order valence-corrected chi connectivity index (χ3v) is 6.45. The number of aromatic nitrogens is 1. The van der Waals surface area contributed by atoms with Gasteiger partial charge in [-0.05, 0) is 50.1 Å². The highest BCUT2D eigenvalue weighted by atomic mass is 16.5. The maximum atomic E-state index is 13.0. The van der Waals surface area contributed by atoms with Crippen LogP contribution in [0.5, 0.6) is 5.75 Å². The number of fused-ring (bicyclic) bond motifs is 1. The number of carbonyl (C=O) groups is 1. The lowest BCUT2D eigenvalue weighted by atomic mass is 9.85. The second-order valence-corrected chi connectivity index (χ2v) is 7.79. The van der Waals surface area contributed by atoms with Gasteiger partial charge < -0.3 is 19.4 Å². The molecule has 0 aliphatic carbocycles. The number of ether oxygens (including phenoxy) is 2. The Balaban J connectivity index is 1.47. The van der Waals surface area contributed by atoms with E-state index in [4.69, 9.17) is 9.47 Å². The average molecular weight is 371 g/mol. The lowest BCUT2D eigenvalue weighted by Crippen LogP contribution is -2.50. The monoisotopic (exact) mass is 371 g/mol. The highest BCUT2D eigenvalue weighted by Gasteiger charge is 2.39. The smallest absolute Gasteiger partial charge is 0.227 e. The molecule has 6 heteroatoms. The van der Waals surface area contributed by atoms with Crippen LogP contribution < -0.4 is 4.74 Å². The zero-order valence-electron chi connectivity index (χ0n) is 16.3. The molecule has 1 aromatic carbocycles. The molecule has 2 aromatic rings. The van der Waals surface area contributed by atoms with Gasteiger partial charge in [0.15, 0.2) is 0 Å². The summed E-state index contributed by atoms with van der Waals surface area (Å²) in [5.74, 6) is 1.02. The van der Waals surface area contributed by atoms with Gasteiger partial charge in [-0.1, -0.05) is 0 Å². The average Bonchev–Trinajstić information content (AvgIpc) is 3.02. The lowest BCUT2D eigenvalue weighted by molar-refractivity contribution is -0.130. The summed E-state index contributed by atoms with van der Waals surface area (Å²) in [6.07, 6.45) is 5.53. The van der Waals surface area contributed by atoms with E-state index in [1.165, 1.54) is 0 Å². The molecule has 6 nitrogen and oxygen atoms in total. The summed E-state index contributed by atoms with van der Waals surface area (Å²) in [7, 11) is 3.86. The minimum Gasteiger partial charge on any atom is -0.497 e. The Kier molecular flexibility index (Phi) is 5.10. The van der Waals surface area contributed by atoms with Gasteiger partial charge in [-0.25, -0.2) is 0 Å². The van der Waals surface area contributed by atoms with E-state index in [1.807, 2.05) is 29.3 Å². The van der Waals surface area contributed by atoms with Crippen LogP contribution >= 0.6 is 0 Å². The van der Waals surface area contributed by atoms with Crippen molar-refractivity contribution >= 4 is 16.8 Å². The Morgan fingerprint density at radius 1 is 1.22 bits per heavy atom. The molecular formula is C21H29N3O3. The normalized spacial score (nSPS) is 20.7. The van der Waals surface area contributed by atoms with E-state index in [0.717, 1.165) is 74.3 Å². The minimum atomic E-state index is 0.196. The van der Waals surface area contributed by atoms with E-state index in [-0.39, 0.29) is 11.4 Å². The van der Waals surface area contributed by atoms with E-state index in [0.29, 0.717) is 6.42 Å². The Bertz CT molecular complexity index is 810. The Labute approximate surface area is 160 Å². The molecule has 27 heavy (non-hydrogen) atoms. The molecule has 2 fully saturated rings. The summed E-state index contributed by atoms with van der Waals surface area (Å²) in [5, 5.41) is 1.07. The van der Waals surface area contributed by atoms with Gasteiger partial charge >= 0.3 is 0 Å². The van der Waals surface area contributed by atoms with Crippen molar-refractivity contribution in [1.82, 2.24) is 14.8 Å². The number of H-pyrrole nitrogens is 1. The first-order chi connectivity index (χ1) is 13.1. The van der Waals surface area contributed by atoms with Gasteiger partial charge in [0.05, 0.1) is 13.5 Å². The highest BCUT2D eigenvalue weighted by molar-refractivity contribution is 5.89. The van der Waals surface area contributed by atoms with Gasteiger partial charge in [0.1, 0.15) is 5.75 Å². The number of benzene rings is 1. The fraction of sp³-hybridized carbons (Fsp3) is 0.571. The standard InChI is InChI=1S/C21H29N3O3/c1-23-9-10-24(8-5-21(23)6-11-27-12-7-21)20(25)13-16-15-22-19-4-3-17(26-2)14-18(16)19/h3-4,14-15,22H,5-13H2,1-2H3. The summed E-state index contributed by atoms with van der Waals surface area (Å²) in [5.41, 5.74) is 2.27. The van der Waals surface area contributed by atoms with Crippen LogP contribution in [0.25, 0.3) is 10.9 Å². The maximum absolute atomic E-state index is 13.0. The number of carbonyl (C=O) groups excluding carboxylic acids is 1. The van der Waals surface area contributed by atoms with Crippen LogP contribution in [0.4, 0.5) is 0 Å². The quantitative estimate of drug-likeness (QED) is 0.900. The number of nitrogens with one attached hydrogen (secondary N) is 1. The van der Waals surface area contributed by atoms with E-state index >= 15 is 0 Å². The molecule has 0 radical (unpaired) electrons. The number of likely N-dealkylation sites (N-methyl/N-ethyl adjacent to an activating group) is 1. The number of amides is 1. The number of hydrogen-bond donors (Lipinski definition) is 1. The second-order valence-electron chi connectivity index (χ2n) is 7.79. The van der Waals surface area contributed by atoms with Crippen LogP contribution in [0.3, 0.4) is 0 Å². The summed E-state index contributed by atoms with van der Waals surface area (Å²) in [4.78, 5) is 20.8. The Morgan fingerprint density at radius 3 is 2.81 bits per heavy atom. The van der Waals surface area contributed by atoms with Crippen molar-refractivity contribution in [3.8, 4) is 5.75 Å². The third-order valence-electron chi connectivity index (χ3n) is 6.45. The number of rotatable bonds is 3. The van der Waals surface area contributed by atoms with E-state index < -0.39 is 0 Å². The minimum absolute atomic E-state index is 0.196. The number of methoxy groups -OCH3 is 1. The van der Waals surface area contributed by atoms with Crippen molar-refractivity contribution in [1.29, 1.82) is 0 Å². The van der Waals surface area contributed by atoms with Crippen LogP contribution in [0.2, 0.25) is 0 Å². The molecule has 146 valence electrons. The van der Waals surface area contributed by atoms with Crippen LogP contribution in [-0.2, 0) is 16.0 Å². The van der Waals surface area contributed by atoms with Gasteiger partial charge in [-0.15, -0.1) is 0 Å². The SMILES string of the molecule is COc1ccc2[nH]cc(CC(=O)N3CCN(C)C4(CCOCC4)CC3)c2c1. The maximum Gasteiger partial charge on any atom is 0.227 e. The molecule has 3 heterocycles. The van der Waals surface area contributed by atoms with E-state index in [9.17, 15) is 4.79 Å². The van der Waals surface area contributed by atoms with E-state index in [2.05, 4.69) is 16.9 Å². The summed E-state index contributed by atoms with van der Waals surface area (Å²) < 4.78 is 10.9. The Morgan fingerprint density at radius 2 is 2.04 bits per heavy atom. The molecule has 2 saturated heterocycles. The molecule has 0 bridgehead atoms. The molecule has 1 spiro atoms. The van der Waals surface area contributed by atoms with Crippen molar-refractivity contribution in [2.24, 2.45) is 0 Å². The zero-order valence-corrected chi connectivity index (χ0v) is 16.3. The van der Waals surface area contributed by atoms with Gasteiger partial charge in [0.2, 0.25) is 5.91 Å². The molecular weight excluding hydrogens is 342 g/mol. The topological polar surface area (TPSA) is 57.8 Å². The summed E-state index contributed by atoms with van der Waals surface area (Å²) >= 11 is 0. The molecule has 2 aliphatic heterocycles. The fourth-order valence-electron chi connectivity index (χ4n) is 4.49. The number of hydrogen-bond acceptors (Lipinski definition) is 4. The van der Waals surface area contributed by atoms with Crippen molar-refractivity contribution in [2.45, 2.75) is 31.2 Å². The molecule has 0 unspecified atom stereocenters. The predicted octanol–water partition coefficient (Wildman–Crippen LogP) is 2.43. The zero-order chi connectivity index (χ0) is 18.9. The summed E-state index contributed by atoms with van der Waals surface area (Å²) in [6.45, 7) is 4.21. The van der Waals surface area contributed by atoms with Gasteiger partial charge in [0, 0.05) is 55.5 Å². The van der Waals surface area contributed by atoms with Gasteiger partial charge in [-0.2, -0.15) is 0 Å². The molecule has 2 aliphatic rings. The van der Waals surface area contributed by atoms with Crippen LogP contribution in [-0.4, -0.2) is 73.2 Å². The van der Waals surface area contributed by atoms with Crippen molar-refractivity contribution in [3.05, 3.63) is 30.0 Å². The largest absolute Gasteiger partial charge is 0.497 e. The van der Waals surface area contributed by atoms with Crippen molar-refractivity contribution in [2.75, 3.05) is 47.0 Å². The third kappa shape index (κ3) is 3.56. The van der Waals surface area contributed by atoms with Crippen LogP contribution in [0, 0.1) is 0 Å².